The summed E-state index contributed by atoms with van der Waals surface area (Å²) in [6.45, 7) is 0. The van der Waals surface area contributed by atoms with Crippen LogP contribution in [-0.2, 0) is 6.18 Å². The lowest BCUT2D eigenvalue weighted by Crippen LogP contribution is -2.17. The van der Waals surface area contributed by atoms with Gasteiger partial charge in [-0.05, 0) is 31.4 Å². The molecule has 2 N–H and O–H groups in total. The molecule has 1 aromatic rings. The number of benzene rings is 1. The van der Waals surface area contributed by atoms with Crippen LogP contribution < -0.4 is 5.32 Å². The fourth-order valence-electron chi connectivity index (χ4n) is 2.29. The first-order valence-corrected chi connectivity index (χ1v) is 6.07. The molecule has 0 amide bonds. The quantitative estimate of drug-likeness (QED) is 0.663. The van der Waals surface area contributed by atoms with Crippen molar-refractivity contribution in [3.8, 4) is 0 Å². The first kappa shape index (κ1) is 14.6. The first-order chi connectivity index (χ1) is 9.27. The van der Waals surface area contributed by atoms with Crippen LogP contribution in [0.2, 0.25) is 0 Å². The average Bonchev–Trinajstić information content (AvgIpc) is 2.73. The van der Waals surface area contributed by atoms with Crippen LogP contribution in [0, 0.1) is 10.1 Å². The number of halogens is 3. The van der Waals surface area contributed by atoms with E-state index in [1.54, 1.807) is 0 Å². The SMILES string of the molecule is O=[N+]([O-])c1cc(C(F)(F)F)ccc1N[C@@H]1CC[C@@H](O)C1. The Balaban J connectivity index is 2.26. The van der Waals surface area contributed by atoms with Crippen molar-refractivity contribution < 1.29 is 23.2 Å². The molecule has 0 radical (unpaired) electrons. The van der Waals surface area contributed by atoms with Gasteiger partial charge in [0.1, 0.15) is 5.69 Å². The molecule has 0 bridgehead atoms. The van der Waals surface area contributed by atoms with E-state index in [4.69, 9.17) is 0 Å². The van der Waals surface area contributed by atoms with E-state index in [-0.39, 0.29) is 11.7 Å². The molecule has 2 rings (SSSR count). The number of nitrogens with one attached hydrogen (secondary N) is 1. The molecule has 0 spiro atoms. The predicted molar refractivity (Wildman–Crippen MR) is 65.4 cm³/mol. The summed E-state index contributed by atoms with van der Waals surface area (Å²) in [4.78, 5) is 10.0. The molecule has 0 unspecified atom stereocenters. The number of hydrogen-bond donors (Lipinski definition) is 2. The third-order valence-electron chi connectivity index (χ3n) is 3.29. The minimum Gasteiger partial charge on any atom is -0.393 e. The smallest absolute Gasteiger partial charge is 0.393 e. The molecule has 1 aliphatic carbocycles. The van der Waals surface area contributed by atoms with Crippen molar-refractivity contribution in [2.75, 3.05) is 5.32 Å². The second-order valence-electron chi connectivity index (χ2n) is 4.79. The summed E-state index contributed by atoms with van der Waals surface area (Å²) in [5.74, 6) is 0. The van der Waals surface area contributed by atoms with Crippen molar-refractivity contribution in [1.29, 1.82) is 0 Å². The van der Waals surface area contributed by atoms with Gasteiger partial charge in [0.15, 0.2) is 0 Å². The van der Waals surface area contributed by atoms with E-state index in [2.05, 4.69) is 5.32 Å². The van der Waals surface area contributed by atoms with Gasteiger partial charge in [-0.2, -0.15) is 13.2 Å². The lowest BCUT2D eigenvalue weighted by Gasteiger charge is -2.15. The van der Waals surface area contributed by atoms with E-state index in [1.807, 2.05) is 0 Å². The van der Waals surface area contributed by atoms with Crippen molar-refractivity contribution in [3.63, 3.8) is 0 Å². The molecule has 5 nitrogen and oxygen atoms in total. The zero-order chi connectivity index (χ0) is 14.9. The van der Waals surface area contributed by atoms with Gasteiger partial charge in [0, 0.05) is 12.1 Å². The average molecular weight is 290 g/mol. The molecule has 110 valence electrons. The summed E-state index contributed by atoms with van der Waals surface area (Å²) in [5.41, 5.74) is -1.62. The van der Waals surface area contributed by atoms with Gasteiger partial charge < -0.3 is 10.4 Å². The van der Waals surface area contributed by atoms with Gasteiger partial charge in [0.25, 0.3) is 5.69 Å². The lowest BCUT2D eigenvalue weighted by molar-refractivity contribution is -0.384. The monoisotopic (exact) mass is 290 g/mol. The normalized spacial score (nSPS) is 22.8. The van der Waals surface area contributed by atoms with Gasteiger partial charge in [-0.3, -0.25) is 10.1 Å². The van der Waals surface area contributed by atoms with Crippen LogP contribution in [0.15, 0.2) is 18.2 Å². The minimum absolute atomic E-state index is 0.0436. The molecule has 2 atom stereocenters. The van der Waals surface area contributed by atoms with Crippen molar-refractivity contribution in [3.05, 3.63) is 33.9 Å². The zero-order valence-corrected chi connectivity index (χ0v) is 10.4. The lowest BCUT2D eigenvalue weighted by atomic mass is 10.1. The molecule has 1 aliphatic rings. The number of alkyl halides is 3. The molecular formula is C12H13F3N2O3. The van der Waals surface area contributed by atoms with E-state index in [0.717, 1.165) is 12.1 Å². The van der Waals surface area contributed by atoms with Crippen LogP contribution in [0.1, 0.15) is 24.8 Å². The summed E-state index contributed by atoms with van der Waals surface area (Å²) >= 11 is 0. The number of nitro groups is 1. The van der Waals surface area contributed by atoms with Gasteiger partial charge >= 0.3 is 6.18 Å². The Bertz CT molecular complexity index is 519. The number of nitro benzene ring substituents is 1. The molecule has 20 heavy (non-hydrogen) atoms. The summed E-state index contributed by atoms with van der Waals surface area (Å²) in [6.07, 6.45) is -3.46. The number of aliphatic hydroxyl groups is 1. The van der Waals surface area contributed by atoms with Gasteiger partial charge in [-0.15, -0.1) is 0 Å². The number of anilines is 1. The summed E-state index contributed by atoms with van der Waals surface area (Å²) in [7, 11) is 0. The minimum atomic E-state index is -4.62. The maximum absolute atomic E-state index is 12.5. The molecule has 0 saturated heterocycles. The Kier molecular flexibility index (Phi) is 3.85. The fraction of sp³-hybridized carbons (Fsp3) is 0.500. The fourth-order valence-corrected chi connectivity index (χ4v) is 2.29. The molecule has 1 saturated carbocycles. The Labute approximate surface area is 112 Å². The van der Waals surface area contributed by atoms with Crippen LogP contribution in [0.25, 0.3) is 0 Å². The standard InChI is InChI=1S/C12H13F3N2O3/c13-12(14,15)7-1-4-10(11(5-7)17(19)20)16-8-2-3-9(18)6-8/h1,4-5,8-9,16,18H,2-3,6H2/t8-,9-/m1/s1. The van der Waals surface area contributed by atoms with Gasteiger partial charge in [0.05, 0.1) is 16.6 Å². The van der Waals surface area contributed by atoms with Gasteiger partial charge in [-0.1, -0.05) is 0 Å². The number of hydrogen-bond acceptors (Lipinski definition) is 4. The molecule has 0 aromatic heterocycles. The number of nitrogens with zero attached hydrogens (tertiary/aromatic N) is 1. The maximum atomic E-state index is 12.5. The second-order valence-corrected chi connectivity index (χ2v) is 4.79. The molecular weight excluding hydrogens is 277 g/mol. The molecule has 1 fully saturated rings. The highest BCUT2D eigenvalue weighted by atomic mass is 19.4. The van der Waals surface area contributed by atoms with Crippen LogP contribution in [0.3, 0.4) is 0 Å². The van der Waals surface area contributed by atoms with Crippen molar-refractivity contribution in [2.24, 2.45) is 0 Å². The number of rotatable bonds is 3. The zero-order valence-electron chi connectivity index (χ0n) is 10.4. The molecule has 1 aromatic carbocycles. The molecule has 0 heterocycles. The van der Waals surface area contributed by atoms with Crippen LogP contribution in [0.5, 0.6) is 0 Å². The maximum Gasteiger partial charge on any atom is 0.416 e. The highest BCUT2D eigenvalue weighted by Crippen LogP contribution is 2.36. The third-order valence-corrected chi connectivity index (χ3v) is 3.29. The van der Waals surface area contributed by atoms with E-state index in [9.17, 15) is 28.4 Å². The van der Waals surface area contributed by atoms with E-state index >= 15 is 0 Å². The molecule has 8 heteroatoms. The third kappa shape index (κ3) is 3.19. The number of aliphatic hydroxyl groups excluding tert-OH is 1. The van der Waals surface area contributed by atoms with E-state index < -0.39 is 28.5 Å². The largest absolute Gasteiger partial charge is 0.416 e. The predicted octanol–water partition coefficient (Wildman–Crippen LogP) is 2.94. The van der Waals surface area contributed by atoms with Crippen LogP contribution >= 0.6 is 0 Å². The Hall–Kier alpha value is -1.83. The second kappa shape index (κ2) is 5.28. The van der Waals surface area contributed by atoms with Gasteiger partial charge in [-0.25, -0.2) is 0 Å². The highest BCUT2D eigenvalue weighted by molar-refractivity contribution is 5.63. The Morgan fingerprint density at radius 1 is 1.35 bits per heavy atom. The van der Waals surface area contributed by atoms with Gasteiger partial charge in [0.2, 0.25) is 0 Å². The topological polar surface area (TPSA) is 75.4 Å². The molecule has 0 aliphatic heterocycles. The highest BCUT2D eigenvalue weighted by Gasteiger charge is 2.33. The van der Waals surface area contributed by atoms with E-state index in [0.29, 0.717) is 25.3 Å². The van der Waals surface area contributed by atoms with Crippen molar-refractivity contribution >= 4 is 11.4 Å². The Morgan fingerprint density at radius 2 is 2.05 bits per heavy atom. The van der Waals surface area contributed by atoms with Crippen molar-refractivity contribution in [1.82, 2.24) is 0 Å². The Morgan fingerprint density at radius 3 is 2.55 bits per heavy atom. The summed E-state index contributed by atoms with van der Waals surface area (Å²) < 4.78 is 37.6. The summed E-state index contributed by atoms with van der Waals surface area (Å²) in [5, 5.41) is 23.1. The first-order valence-electron chi connectivity index (χ1n) is 6.07. The summed E-state index contributed by atoms with van der Waals surface area (Å²) in [6, 6.07) is 2.22. The van der Waals surface area contributed by atoms with Crippen LogP contribution in [0.4, 0.5) is 24.5 Å². The van der Waals surface area contributed by atoms with E-state index in [1.165, 1.54) is 0 Å². The van der Waals surface area contributed by atoms with Crippen LogP contribution in [-0.4, -0.2) is 22.2 Å². The van der Waals surface area contributed by atoms with Crippen molar-refractivity contribution in [2.45, 2.75) is 37.6 Å².